The molecule has 3 amide bonds. The molecule has 1 aromatic rings. The molecule has 0 fully saturated rings. The first-order chi connectivity index (χ1) is 10.8. The standard InChI is InChI=1S/C13H16N2O7S/c1-15(23(2,18)19)12(16)14-13(17)21-8-9-7-20-10-5-3-4-6-11(10)22-9/h3-6,9H,7-8H2,1-2H3,(H,14,16,17). The molecule has 0 radical (unpaired) electrons. The van der Waals surface area contributed by atoms with Crippen molar-refractivity contribution in [2.45, 2.75) is 6.10 Å². The second-order valence-corrected chi connectivity index (χ2v) is 6.77. The van der Waals surface area contributed by atoms with Crippen LogP contribution in [0.5, 0.6) is 11.5 Å². The van der Waals surface area contributed by atoms with Crippen LogP contribution in [0.25, 0.3) is 0 Å². The van der Waals surface area contributed by atoms with Crippen molar-refractivity contribution in [3.05, 3.63) is 24.3 Å². The van der Waals surface area contributed by atoms with E-state index in [-0.39, 0.29) is 13.2 Å². The molecule has 126 valence electrons. The SMILES string of the molecule is CN(C(=O)NC(=O)OCC1COc2ccccc2O1)S(C)(=O)=O. The Labute approximate surface area is 133 Å². The summed E-state index contributed by atoms with van der Waals surface area (Å²) in [4.78, 5) is 23.0. The molecule has 1 aliphatic rings. The van der Waals surface area contributed by atoms with Crippen LogP contribution in [0.4, 0.5) is 9.59 Å². The number of fused-ring (bicyclic) bond motifs is 1. The van der Waals surface area contributed by atoms with E-state index in [1.807, 2.05) is 0 Å². The molecule has 1 aliphatic heterocycles. The second-order valence-electron chi connectivity index (χ2n) is 4.76. The topological polar surface area (TPSA) is 111 Å². The molecule has 1 unspecified atom stereocenters. The summed E-state index contributed by atoms with van der Waals surface area (Å²) in [5.41, 5.74) is 0. The highest BCUT2D eigenvalue weighted by Crippen LogP contribution is 2.30. The highest BCUT2D eigenvalue weighted by atomic mass is 32.2. The smallest absolute Gasteiger partial charge is 0.415 e. The molecule has 10 heteroatoms. The van der Waals surface area contributed by atoms with Crippen molar-refractivity contribution in [1.82, 2.24) is 9.62 Å². The van der Waals surface area contributed by atoms with E-state index < -0.39 is 28.3 Å². The van der Waals surface area contributed by atoms with Crippen LogP contribution in [0, 0.1) is 0 Å². The van der Waals surface area contributed by atoms with Crippen LogP contribution < -0.4 is 14.8 Å². The van der Waals surface area contributed by atoms with Gasteiger partial charge in [0.2, 0.25) is 10.0 Å². The Kier molecular flexibility index (Phi) is 4.94. The number of imide groups is 1. The van der Waals surface area contributed by atoms with Crippen LogP contribution in [0.1, 0.15) is 0 Å². The minimum Gasteiger partial charge on any atom is -0.486 e. The second kappa shape index (κ2) is 6.73. The molecular formula is C13H16N2O7S. The van der Waals surface area contributed by atoms with Crippen LogP contribution in [-0.2, 0) is 14.8 Å². The summed E-state index contributed by atoms with van der Waals surface area (Å²) >= 11 is 0. The van der Waals surface area contributed by atoms with Crippen LogP contribution in [-0.4, -0.2) is 57.5 Å². The number of rotatable bonds is 3. The number of amides is 3. The van der Waals surface area contributed by atoms with E-state index >= 15 is 0 Å². The number of carbonyl (C=O) groups excluding carboxylic acids is 2. The summed E-state index contributed by atoms with van der Waals surface area (Å²) in [5.74, 6) is 1.12. The molecule has 1 heterocycles. The van der Waals surface area contributed by atoms with Crippen molar-refractivity contribution >= 4 is 22.1 Å². The molecule has 0 spiro atoms. The van der Waals surface area contributed by atoms with Gasteiger partial charge in [-0.2, -0.15) is 0 Å². The number of alkyl carbamates (subject to hydrolysis) is 1. The number of carbonyl (C=O) groups is 2. The zero-order chi connectivity index (χ0) is 17.0. The van der Waals surface area contributed by atoms with E-state index in [1.165, 1.54) is 0 Å². The number of nitrogens with zero attached hydrogens (tertiary/aromatic N) is 1. The lowest BCUT2D eigenvalue weighted by Crippen LogP contribution is -2.44. The maximum atomic E-state index is 11.5. The zero-order valence-electron chi connectivity index (χ0n) is 12.5. The Bertz CT molecular complexity index is 704. The zero-order valence-corrected chi connectivity index (χ0v) is 13.3. The van der Waals surface area contributed by atoms with Crippen LogP contribution in [0.3, 0.4) is 0 Å². The average molecular weight is 344 g/mol. The maximum absolute atomic E-state index is 11.5. The Balaban J connectivity index is 1.81. The highest BCUT2D eigenvalue weighted by Gasteiger charge is 2.24. The lowest BCUT2D eigenvalue weighted by atomic mass is 10.3. The highest BCUT2D eigenvalue weighted by molar-refractivity contribution is 7.88. The predicted molar refractivity (Wildman–Crippen MR) is 78.8 cm³/mol. The minimum atomic E-state index is -3.75. The summed E-state index contributed by atoms with van der Waals surface area (Å²) in [6, 6.07) is 5.93. The number of hydrogen-bond donors (Lipinski definition) is 1. The third-order valence-electron chi connectivity index (χ3n) is 2.96. The Hall–Kier alpha value is -2.49. The number of benzene rings is 1. The molecule has 0 aliphatic carbocycles. The monoisotopic (exact) mass is 344 g/mol. The van der Waals surface area contributed by atoms with E-state index in [4.69, 9.17) is 14.2 Å². The average Bonchev–Trinajstić information content (AvgIpc) is 2.51. The van der Waals surface area contributed by atoms with Gasteiger partial charge in [-0.3, -0.25) is 0 Å². The third-order valence-corrected chi connectivity index (χ3v) is 4.12. The Morgan fingerprint density at radius 3 is 2.65 bits per heavy atom. The molecule has 9 nitrogen and oxygen atoms in total. The van der Waals surface area contributed by atoms with Gasteiger partial charge in [0.15, 0.2) is 17.6 Å². The largest absolute Gasteiger partial charge is 0.486 e. The van der Waals surface area contributed by atoms with Crippen molar-refractivity contribution in [1.29, 1.82) is 0 Å². The molecule has 0 saturated carbocycles. The molecule has 0 aromatic heterocycles. The van der Waals surface area contributed by atoms with E-state index in [0.29, 0.717) is 15.8 Å². The fourth-order valence-corrected chi connectivity index (χ4v) is 2.01. The molecular weight excluding hydrogens is 328 g/mol. The van der Waals surface area contributed by atoms with Crippen molar-refractivity contribution in [2.24, 2.45) is 0 Å². The van der Waals surface area contributed by atoms with E-state index in [2.05, 4.69) is 0 Å². The summed E-state index contributed by atoms with van der Waals surface area (Å²) < 4.78 is 38.5. The Morgan fingerprint density at radius 1 is 1.35 bits per heavy atom. The molecule has 0 bridgehead atoms. The van der Waals surface area contributed by atoms with Gasteiger partial charge in [-0.05, 0) is 12.1 Å². The van der Waals surface area contributed by atoms with Crippen molar-refractivity contribution < 1.29 is 32.2 Å². The first-order valence-electron chi connectivity index (χ1n) is 6.57. The number of para-hydroxylation sites is 2. The van der Waals surface area contributed by atoms with Gasteiger partial charge in [-0.1, -0.05) is 12.1 Å². The number of ether oxygens (including phenoxy) is 3. The van der Waals surface area contributed by atoms with Gasteiger partial charge in [0.1, 0.15) is 13.2 Å². The minimum absolute atomic E-state index is 0.157. The fraction of sp³-hybridized carbons (Fsp3) is 0.385. The maximum Gasteiger partial charge on any atom is 0.415 e. The molecule has 1 N–H and O–H groups in total. The number of hydrogen-bond acceptors (Lipinski definition) is 7. The summed E-state index contributed by atoms with van der Waals surface area (Å²) in [6.07, 6.45) is -0.769. The molecule has 1 aromatic carbocycles. The van der Waals surface area contributed by atoms with E-state index in [9.17, 15) is 18.0 Å². The van der Waals surface area contributed by atoms with Crippen molar-refractivity contribution in [2.75, 3.05) is 26.5 Å². The number of nitrogens with one attached hydrogen (secondary N) is 1. The van der Waals surface area contributed by atoms with E-state index in [0.717, 1.165) is 13.3 Å². The van der Waals surface area contributed by atoms with Gasteiger partial charge >= 0.3 is 12.1 Å². The lowest BCUT2D eigenvalue weighted by molar-refractivity contribution is 0.0341. The molecule has 1 atom stereocenters. The van der Waals surface area contributed by atoms with Gasteiger partial charge in [0.25, 0.3) is 0 Å². The summed E-state index contributed by atoms with van der Waals surface area (Å²) in [7, 11) is -2.73. The summed E-state index contributed by atoms with van der Waals surface area (Å²) in [5, 5.41) is 1.80. The molecule has 2 rings (SSSR count). The first-order valence-corrected chi connectivity index (χ1v) is 8.42. The molecule has 0 saturated heterocycles. The van der Waals surface area contributed by atoms with Gasteiger partial charge in [-0.15, -0.1) is 0 Å². The van der Waals surface area contributed by atoms with Crippen LogP contribution in [0.2, 0.25) is 0 Å². The third kappa shape index (κ3) is 4.49. The molecule has 23 heavy (non-hydrogen) atoms. The van der Waals surface area contributed by atoms with Gasteiger partial charge in [0, 0.05) is 7.05 Å². The van der Waals surface area contributed by atoms with Gasteiger partial charge < -0.3 is 14.2 Å². The van der Waals surface area contributed by atoms with Gasteiger partial charge in [-0.25, -0.2) is 27.6 Å². The quantitative estimate of drug-likeness (QED) is 0.853. The number of urea groups is 1. The van der Waals surface area contributed by atoms with E-state index in [1.54, 1.807) is 29.6 Å². The number of sulfonamides is 1. The normalized spacial score (nSPS) is 16.3. The fourth-order valence-electron chi connectivity index (χ4n) is 1.67. The van der Waals surface area contributed by atoms with Gasteiger partial charge in [0.05, 0.1) is 6.26 Å². The van der Waals surface area contributed by atoms with Crippen LogP contribution in [0.15, 0.2) is 24.3 Å². The van der Waals surface area contributed by atoms with Crippen LogP contribution >= 0.6 is 0 Å². The Morgan fingerprint density at radius 2 is 2.00 bits per heavy atom. The summed E-state index contributed by atoms with van der Waals surface area (Å²) in [6.45, 7) is 0.0253. The predicted octanol–water partition coefficient (Wildman–Crippen LogP) is 0.564. The first kappa shape index (κ1) is 16.9. The lowest BCUT2D eigenvalue weighted by Gasteiger charge is -2.26. The van der Waals surface area contributed by atoms with Crippen molar-refractivity contribution in [3.63, 3.8) is 0 Å². The van der Waals surface area contributed by atoms with Crippen molar-refractivity contribution in [3.8, 4) is 11.5 Å².